The van der Waals surface area contributed by atoms with Gasteiger partial charge in [-0.25, -0.2) is 0 Å². The van der Waals surface area contributed by atoms with Crippen molar-refractivity contribution in [3.8, 4) is 0 Å². The van der Waals surface area contributed by atoms with Crippen LogP contribution in [-0.2, 0) is 5.54 Å². The van der Waals surface area contributed by atoms with Crippen molar-refractivity contribution >= 4 is 0 Å². The maximum Gasteiger partial charge on any atom is 0.0564 e. The molecule has 1 aromatic carbocycles. The third-order valence-corrected chi connectivity index (χ3v) is 4.84. The highest BCUT2D eigenvalue weighted by Crippen LogP contribution is 2.47. The molecule has 0 radical (unpaired) electrons. The maximum absolute atomic E-state index is 9.66. The highest BCUT2D eigenvalue weighted by atomic mass is 16.3. The van der Waals surface area contributed by atoms with E-state index in [2.05, 4.69) is 36.1 Å². The van der Waals surface area contributed by atoms with E-state index in [1.165, 1.54) is 30.4 Å². The largest absolute Gasteiger partial charge is 0.393 e. The molecule has 1 aliphatic carbocycles. The van der Waals surface area contributed by atoms with Crippen LogP contribution in [0.15, 0.2) is 24.3 Å². The molecule has 0 bridgehead atoms. The molecule has 98 valence electrons. The Hall–Kier alpha value is -0.860. The fraction of sp³-hybridized carbons (Fsp3) is 0.625. The van der Waals surface area contributed by atoms with Gasteiger partial charge in [0, 0.05) is 18.6 Å². The summed E-state index contributed by atoms with van der Waals surface area (Å²) in [7, 11) is 0. The SMILES string of the molecule is Cc1ccc(C2(N3CCC(O)CC3)CCC2)cc1. The van der Waals surface area contributed by atoms with Crippen molar-refractivity contribution in [1.82, 2.24) is 4.90 Å². The second-order valence-electron chi connectivity index (χ2n) is 5.97. The van der Waals surface area contributed by atoms with Gasteiger partial charge in [-0.15, -0.1) is 0 Å². The monoisotopic (exact) mass is 245 g/mol. The first-order valence-electron chi connectivity index (χ1n) is 7.21. The quantitative estimate of drug-likeness (QED) is 0.866. The fourth-order valence-electron chi connectivity index (χ4n) is 3.46. The van der Waals surface area contributed by atoms with Crippen molar-refractivity contribution in [3.63, 3.8) is 0 Å². The topological polar surface area (TPSA) is 23.5 Å². The average Bonchev–Trinajstić information content (AvgIpc) is 2.32. The normalized spacial score (nSPS) is 24.8. The van der Waals surface area contributed by atoms with Gasteiger partial charge in [-0.3, -0.25) is 4.90 Å². The van der Waals surface area contributed by atoms with Crippen LogP contribution >= 0.6 is 0 Å². The van der Waals surface area contributed by atoms with Crippen molar-refractivity contribution in [2.75, 3.05) is 13.1 Å². The van der Waals surface area contributed by atoms with Gasteiger partial charge >= 0.3 is 0 Å². The molecule has 0 spiro atoms. The molecule has 1 aromatic rings. The molecule has 2 nitrogen and oxygen atoms in total. The number of aliphatic hydroxyl groups excluding tert-OH is 1. The van der Waals surface area contributed by atoms with Gasteiger partial charge in [0.15, 0.2) is 0 Å². The summed E-state index contributed by atoms with van der Waals surface area (Å²) in [5.41, 5.74) is 3.10. The number of aryl methyl sites for hydroxylation is 1. The number of aliphatic hydroxyl groups is 1. The summed E-state index contributed by atoms with van der Waals surface area (Å²) >= 11 is 0. The minimum atomic E-state index is -0.0728. The van der Waals surface area contributed by atoms with E-state index in [4.69, 9.17) is 0 Å². The van der Waals surface area contributed by atoms with Gasteiger partial charge in [-0.05, 0) is 44.6 Å². The van der Waals surface area contributed by atoms with E-state index in [0.717, 1.165) is 25.9 Å². The van der Waals surface area contributed by atoms with Gasteiger partial charge in [-0.1, -0.05) is 29.8 Å². The maximum atomic E-state index is 9.66. The van der Waals surface area contributed by atoms with Crippen LogP contribution in [0.5, 0.6) is 0 Å². The standard InChI is InChI=1S/C16H23NO/c1-13-3-5-14(6-4-13)16(9-2-10-16)17-11-7-15(18)8-12-17/h3-6,15,18H,2,7-12H2,1H3. The number of piperidine rings is 1. The predicted molar refractivity (Wildman–Crippen MR) is 73.5 cm³/mol. The third-order valence-electron chi connectivity index (χ3n) is 4.84. The first-order valence-corrected chi connectivity index (χ1v) is 7.21. The Balaban J connectivity index is 1.83. The highest BCUT2D eigenvalue weighted by molar-refractivity contribution is 5.30. The Labute approximate surface area is 110 Å². The zero-order valence-electron chi connectivity index (χ0n) is 11.2. The Morgan fingerprint density at radius 1 is 1.11 bits per heavy atom. The summed E-state index contributed by atoms with van der Waals surface area (Å²) in [4.78, 5) is 2.62. The van der Waals surface area contributed by atoms with E-state index in [1.54, 1.807) is 0 Å². The predicted octanol–water partition coefficient (Wildman–Crippen LogP) is 2.83. The average molecular weight is 245 g/mol. The number of rotatable bonds is 2. The van der Waals surface area contributed by atoms with Gasteiger partial charge in [-0.2, -0.15) is 0 Å². The van der Waals surface area contributed by atoms with Crippen LogP contribution < -0.4 is 0 Å². The zero-order valence-corrected chi connectivity index (χ0v) is 11.2. The van der Waals surface area contributed by atoms with E-state index in [0.29, 0.717) is 0 Å². The molecule has 1 saturated heterocycles. The van der Waals surface area contributed by atoms with Crippen LogP contribution in [0.3, 0.4) is 0 Å². The van der Waals surface area contributed by atoms with Crippen LogP contribution in [0.25, 0.3) is 0 Å². The Morgan fingerprint density at radius 2 is 1.72 bits per heavy atom. The van der Waals surface area contributed by atoms with E-state index in [-0.39, 0.29) is 11.6 Å². The van der Waals surface area contributed by atoms with Crippen LogP contribution in [0.2, 0.25) is 0 Å². The van der Waals surface area contributed by atoms with Gasteiger partial charge in [0.1, 0.15) is 0 Å². The Morgan fingerprint density at radius 3 is 2.22 bits per heavy atom. The molecule has 0 amide bonds. The smallest absolute Gasteiger partial charge is 0.0564 e. The molecule has 1 aliphatic heterocycles. The summed E-state index contributed by atoms with van der Waals surface area (Å²) in [5.74, 6) is 0. The lowest BCUT2D eigenvalue weighted by Crippen LogP contribution is -2.54. The molecule has 3 rings (SSSR count). The molecule has 0 aromatic heterocycles. The molecular formula is C16H23NO. The zero-order chi connectivity index (χ0) is 12.6. The Kier molecular flexibility index (Phi) is 3.16. The lowest BCUT2D eigenvalue weighted by atomic mass is 9.69. The summed E-state index contributed by atoms with van der Waals surface area (Å²) in [6.45, 7) is 4.25. The molecule has 0 unspecified atom stereocenters. The number of likely N-dealkylation sites (tertiary alicyclic amines) is 1. The van der Waals surface area contributed by atoms with Crippen LogP contribution in [0.1, 0.15) is 43.2 Å². The minimum absolute atomic E-state index is 0.0728. The number of nitrogens with zero attached hydrogens (tertiary/aromatic N) is 1. The van der Waals surface area contributed by atoms with Crippen LogP contribution in [0.4, 0.5) is 0 Å². The second-order valence-corrected chi connectivity index (χ2v) is 5.97. The van der Waals surface area contributed by atoms with E-state index in [1.807, 2.05) is 0 Å². The molecule has 2 fully saturated rings. The molecule has 18 heavy (non-hydrogen) atoms. The number of hydrogen-bond donors (Lipinski definition) is 1. The molecule has 1 N–H and O–H groups in total. The van der Waals surface area contributed by atoms with Gasteiger partial charge in [0.05, 0.1) is 6.10 Å². The van der Waals surface area contributed by atoms with E-state index < -0.39 is 0 Å². The third kappa shape index (κ3) is 1.98. The van der Waals surface area contributed by atoms with Gasteiger partial charge in [0.2, 0.25) is 0 Å². The van der Waals surface area contributed by atoms with Crippen molar-refractivity contribution in [3.05, 3.63) is 35.4 Å². The lowest BCUT2D eigenvalue weighted by molar-refractivity contribution is -0.0312. The van der Waals surface area contributed by atoms with Crippen molar-refractivity contribution in [2.24, 2.45) is 0 Å². The molecular weight excluding hydrogens is 222 g/mol. The Bertz CT molecular complexity index is 400. The summed E-state index contributed by atoms with van der Waals surface area (Å²) in [5, 5.41) is 9.66. The second kappa shape index (κ2) is 4.67. The summed E-state index contributed by atoms with van der Waals surface area (Å²) in [6.07, 6.45) is 5.71. The van der Waals surface area contributed by atoms with Crippen molar-refractivity contribution in [2.45, 2.75) is 50.7 Å². The molecule has 2 heteroatoms. The van der Waals surface area contributed by atoms with Gasteiger partial charge in [0.25, 0.3) is 0 Å². The lowest BCUT2D eigenvalue weighted by Gasteiger charge is -2.52. The number of benzene rings is 1. The minimum Gasteiger partial charge on any atom is -0.393 e. The van der Waals surface area contributed by atoms with E-state index in [9.17, 15) is 5.11 Å². The van der Waals surface area contributed by atoms with Gasteiger partial charge < -0.3 is 5.11 Å². The van der Waals surface area contributed by atoms with Crippen LogP contribution in [0, 0.1) is 6.92 Å². The summed E-state index contributed by atoms with van der Waals surface area (Å²) < 4.78 is 0. The number of hydrogen-bond acceptors (Lipinski definition) is 2. The fourth-order valence-corrected chi connectivity index (χ4v) is 3.46. The first kappa shape index (κ1) is 12.2. The van der Waals surface area contributed by atoms with Crippen LogP contribution in [-0.4, -0.2) is 29.2 Å². The molecule has 0 atom stereocenters. The van der Waals surface area contributed by atoms with Crippen molar-refractivity contribution < 1.29 is 5.11 Å². The molecule has 2 aliphatic rings. The summed E-state index contributed by atoms with van der Waals surface area (Å²) in [6, 6.07) is 9.07. The molecule has 1 saturated carbocycles. The highest BCUT2D eigenvalue weighted by Gasteiger charge is 2.44. The first-order chi connectivity index (χ1) is 8.71. The van der Waals surface area contributed by atoms with E-state index >= 15 is 0 Å². The van der Waals surface area contributed by atoms with Crippen molar-refractivity contribution in [1.29, 1.82) is 0 Å². The molecule has 1 heterocycles.